The van der Waals surface area contributed by atoms with Gasteiger partial charge in [-0.05, 0) is 37.4 Å². The fourth-order valence-corrected chi connectivity index (χ4v) is 2.91. The summed E-state index contributed by atoms with van der Waals surface area (Å²) in [5, 5.41) is 3.96. The molecular weight excluding hydrogens is 292 g/mol. The summed E-state index contributed by atoms with van der Waals surface area (Å²) in [6.45, 7) is 4.61. The Labute approximate surface area is 130 Å². The van der Waals surface area contributed by atoms with Crippen LogP contribution in [0.15, 0.2) is 27.3 Å². The second-order valence-electron chi connectivity index (χ2n) is 5.38. The van der Waals surface area contributed by atoms with Gasteiger partial charge in [0.05, 0.1) is 12.8 Å². The summed E-state index contributed by atoms with van der Waals surface area (Å²) in [5.41, 5.74) is 5.90. The molecule has 2 unspecified atom stereocenters. The summed E-state index contributed by atoms with van der Waals surface area (Å²) >= 11 is 0. The van der Waals surface area contributed by atoms with Gasteiger partial charge in [0.1, 0.15) is 0 Å². The molecular formula is C14H21ClN4O2. The van der Waals surface area contributed by atoms with Gasteiger partial charge < -0.3 is 14.7 Å². The van der Waals surface area contributed by atoms with E-state index in [0.717, 1.165) is 6.54 Å². The first-order chi connectivity index (χ1) is 9.78. The van der Waals surface area contributed by atoms with Gasteiger partial charge in [0, 0.05) is 12.6 Å². The number of aromatic nitrogens is 2. The highest BCUT2D eigenvalue weighted by atomic mass is 35.5. The molecule has 0 aliphatic carbocycles. The molecule has 2 atom stereocenters. The van der Waals surface area contributed by atoms with Crippen LogP contribution in [-0.2, 0) is 6.54 Å². The van der Waals surface area contributed by atoms with E-state index in [1.165, 1.54) is 12.8 Å². The molecule has 1 aliphatic rings. The number of furan rings is 1. The molecule has 0 amide bonds. The lowest BCUT2D eigenvalue weighted by molar-refractivity contribution is 0.0874. The van der Waals surface area contributed by atoms with Gasteiger partial charge in [-0.1, -0.05) is 12.1 Å². The van der Waals surface area contributed by atoms with Crippen LogP contribution in [0.3, 0.4) is 0 Å². The molecule has 1 saturated heterocycles. The number of piperidine rings is 1. The number of hydrogen-bond acceptors (Lipinski definition) is 6. The molecule has 116 valence electrons. The number of hydrogen-bond donors (Lipinski definition) is 1. The summed E-state index contributed by atoms with van der Waals surface area (Å²) < 4.78 is 10.6. The molecule has 3 rings (SSSR count). The number of likely N-dealkylation sites (tertiary alicyclic amines) is 1. The molecule has 6 nitrogen and oxygen atoms in total. The predicted molar refractivity (Wildman–Crippen MR) is 80.9 cm³/mol. The van der Waals surface area contributed by atoms with E-state index >= 15 is 0 Å². The summed E-state index contributed by atoms with van der Waals surface area (Å²) in [5.74, 6) is 2.35. The van der Waals surface area contributed by atoms with Crippen molar-refractivity contribution in [2.24, 2.45) is 11.7 Å². The van der Waals surface area contributed by atoms with Gasteiger partial charge in [0.15, 0.2) is 5.76 Å². The fraction of sp³-hybridized carbons (Fsp3) is 0.571. The fourth-order valence-electron chi connectivity index (χ4n) is 2.91. The molecule has 2 aromatic heterocycles. The highest BCUT2D eigenvalue weighted by molar-refractivity contribution is 5.85. The van der Waals surface area contributed by atoms with Crippen molar-refractivity contribution in [2.75, 3.05) is 13.1 Å². The number of nitrogens with two attached hydrogens (primary N) is 1. The van der Waals surface area contributed by atoms with Crippen LogP contribution in [0.4, 0.5) is 0 Å². The van der Waals surface area contributed by atoms with Crippen molar-refractivity contribution in [3.05, 3.63) is 24.3 Å². The average Bonchev–Trinajstić information content (AvgIpc) is 3.09. The Morgan fingerprint density at radius 1 is 1.48 bits per heavy atom. The van der Waals surface area contributed by atoms with Gasteiger partial charge in [-0.2, -0.15) is 4.98 Å². The first-order valence-electron chi connectivity index (χ1n) is 7.08. The quantitative estimate of drug-likeness (QED) is 0.933. The standard InChI is InChI=1S/C14H20N4O2.ClH/c1-10-4-2-6-18(11(10)8-15)9-13-16-14(17-20-13)12-5-3-7-19-12;/h3,5,7,10-11H,2,4,6,8-9,15H2,1H3;1H. The molecule has 1 aliphatic heterocycles. The van der Waals surface area contributed by atoms with Crippen molar-refractivity contribution in [1.29, 1.82) is 0 Å². The van der Waals surface area contributed by atoms with Crippen molar-refractivity contribution in [3.63, 3.8) is 0 Å². The lowest BCUT2D eigenvalue weighted by Crippen LogP contribution is -2.48. The van der Waals surface area contributed by atoms with Gasteiger partial charge >= 0.3 is 0 Å². The number of nitrogens with zero attached hydrogens (tertiary/aromatic N) is 3. The van der Waals surface area contributed by atoms with Crippen molar-refractivity contribution < 1.29 is 8.94 Å². The molecule has 0 saturated carbocycles. The number of halogens is 1. The van der Waals surface area contributed by atoms with Crippen LogP contribution in [-0.4, -0.2) is 34.2 Å². The van der Waals surface area contributed by atoms with Crippen molar-refractivity contribution in [1.82, 2.24) is 15.0 Å². The zero-order valence-corrected chi connectivity index (χ0v) is 12.9. The molecule has 2 aromatic rings. The summed E-state index contributed by atoms with van der Waals surface area (Å²) in [6, 6.07) is 4.02. The number of rotatable bonds is 4. The normalized spacial score (nSPS) is 23.0. The van der Waals surface area contributed by atoms with Crippen LogP contribution in [0.25, 0.3) is 11.6 Å². The minimum absolute atomic E-state index is 0. The van der Waals surface area contributed by atoms with E-state index in [0.29, 0.717) is 42.5 Å². The SMILES string of the molecule is CC1CCCN(Cc2nc(-c3ccco3)no2)C1CN.Cl. The van der Waals surface area contributed by atoms with E-state index in [1.54, 1.807) is 6.26 Å². The molecule has 1 fully saturated rings. The van der Waals surface area contributed by atoms with E-state index in [9.17, 15) is 0 Å². The van der Waals surface area contributed by atoms with Crippen LogP contribution < -0.4 is 5.73 Å². The van der Waals surface area contributed by atoms with E-state index in [1.807, 2.05) is 12.1 Å². The Bertz CT molecular complexity index is 543. The second kappa shape index (κ2) is 7.06. The predicted octanol–water partition coefficient (Wildman–Crippen LogP) is 2.31. The Morgan fingerprint density at radius 2 is 2.33 bits per heavy atom. The van der Waals surface area contributed by atoms with E-state index in [-0.39, 0.29) is 12.4 Å². The van der Waals surface area contributed by atoms with Gasteiger partial charge in [0.2, 0.25) is 11.7 Å². The van der Waals surface area contributed by atoms with Crippen molar-refractivity contribution in [3.8, 4) is 11.6 Å². The zero-order valence-electron chi connectivity index (χ0n) is 12.1. The maximum Gasteiger partial charge on any atom is 0.241 e. The summed E-state index contributed by atoms with van der Waals surface area (Å²) in [7, 11) is 0. The first kappa shape index (κ1) is 16.0. The largest absolute Gasteiger partial charge is 0.461 e. The topological polar surface area (TPSA) is 81.3 Å². The third-order valence-electron chi connectivity index (χ3n) is 4.02. The Kier molecular flexibility index (Phi) is 5.39. The Balaban J connectivity index is 0.00000161. The third kappa shape index (κ3) is 3.45. The molecule has 0 aromatic carbocycles. The molecule has 7 heteroatoms. The minimum Gasteiger partial charge on any atom is -0.461 e. The van der Waals surface area contributed by atoms with E-state index in [4.69, 9.17) is 14.7 Å². The van der Waals surface area contributed by atoms with Crippen LogP contribution in [0, 0.1) is 5.92 Å². The van der Waals surface area contributed by atoms with E-state index < -0.39 is 0 Å². The van der Waals surface area contributed by atoms with Crippen LogP contribution in [0.1, 0.15) is 25.7 Å². The Morgan fingerprint density at radius 3 is 3.05 bits per heavy atom. The van der Waals surface area contributed by atoms with Gasteiger partial charge in [0.25, 0.3) is 0 Å². The maximum absolute atomic E-state index is 5.90. The molecule has 0 bridgehead atoms. The highest BCUT2D eigenvalue weighted by Gasteiger charge is 2.28. The maximum atomic E-state index is 5.90. The van der Waals surface area contributed by atoms with Gasteiger partial charge in [-0.15, -0.1) is 12.4 Å². The molecule has 0 spiro atoms. The van der Waals surface area contributed by atoms with Crippen LogP contribution >= 0.6 is 12.4 Å². The molecule has 3 heterocycles. The van der Waals surface area contributed by atoms with Crippen molar-refractivity contribution in [2.45, 2.75) is 32.4 Å². The molecule has 21 heavy (non-hydrogen) atoms. The smallest absolute Gasteiger partial charge is 0.241 e. The lowest BCUT2D eigenvalue weighted by atomic mass is 9.91. The minimum atomic E-state index is 0. The van der Waals surface area contributed by atoms with Crippen LogP contribution in [0.2, 0.25) is 0 Å². The van der Waals surface area contributed by atoms with Gasteiger partial charge in [-0.25, -0.2) is 0 Å². The zero-order chi connectivity index (χ0) is 13.9. The lowest BCUT2D eigenvalue weighted by Gasteiger charge is -2.38. The van der Waals surface area contributed by atoms with Crippen molar-refractivity contribution >= 4 is 12.4 Å². The van der Waals surface area contributed by atoms with Crippen LogP contribution in [0.5, 0.6) is 0 Å². The molecule has 2 N–H and O–H groups in total. The second-order valence-corrected chi connectivity index (χ2v) is 5.38. The van der Waals surface area contributed by atoms with E-state index in [2.05, 4.69) is 22.0 Å². The average molecular weight is 313 g/mol. The van der Waals surface area contributed by atoms with Gasteiger partial charge in [-0.3, -0.25) is 4.90 Å². The Hall–Kier alpha value is -1.37. The monoisotopic (exact) mass is 312 g/mol. The summed E-state index contributed by atoms with van der Waals surface area (Å²) in [6.07, 6.45) is 4.03. The third-order valence-corrected chi connectivity index (χ3v) is 4.02. The molecule has 0 radical (unpaired) electrons. The first-order valence-corrected chi connectivity index (χ1v) is 7.08. The summed E-state index contributed by atoms with van der Waals surface area (Å²) in [4.78, 5) is 6.73. The highest BCUT2D eigenvalue weighted by Crippen LogP contribution is 2.24.